The third-order valence-corrected chi connectivity index (χ3v) is 8.43. The summed E-state index contributed by atoms with van der Waals surface area (Å²) >= 11 is 0. The molecule has 0 fully saturated rings. The van der Waals surface area contributed by atoms with Crippen LogP contribution in [0.3, 0.4) is 0 Å². The number of likely N-dealkylation sites (N-methyl/N-ethyl adjacent to an activating group) is 1. The van der Waals surface area contributed by atoms with Crippen LogP contribution in [0.1, 0.15) is 43.9 Å². The van der Waals surface area contributed by atoms with E-state index in [1.807, 2.05) is 60.8 Å². The molecule has 0 saturated heterocycles. The molecule has 3 aromatic carbocycles. The van der Waals surface area contributed by atoms with Crippen LogP contribution in [-0.2, 0) is 33.7 Å². The third kappa shape index (κ3) is 10.6. The van der Waals surface area contributed by atoms with Gasteiger partial charge in [0.2, 0.25) is 11.7 Å². The van der Waals surface area contributed by atoms with Crippen molar-refractivity contribution in [2.75, 3.05) is 41.5 Å². The molecule has 1 aromatic heterocycles. The zero-order valence-electron chi connectivity index (χ0n) is 30.5. The number of hydrogen-bond acceptors (Lipinski definition) is 8. The topological polar surface area (TPSA) is 143 Å². The van der Waals surface area contributed by atoms with Crippen LogP contribution in [0.15, 0.2) is 72.9 Å². The molecule has 0 radical (unpaired) electrons. The number of nitrogens with zero attached hydrogens (tertiary/aromatic N) is 2. The molecule has 274 valence electrons. The van der Waals surface area contributed by atoms with E-state index in [4.69, 9.17) is 18.9 Å². The molecule has 4 rings (SSSR count). The number of ether oxygens (including phenoxy) is 4. The van der Waals surface area contributed by atoms with Gasteiger partial charge in [-0.05, 0) is 62.1 Å². The number of nitrogens with one attached hydrogen (secondary N) is 2. The van der Waals surface area contributed by atoms with Gasteiger partial charge in [-0.15, -0.1) is 0 Å². The molecule has 12 nitrogen and oxygen atoms in total. The maximum atomic E-state index is 14.5. The van der Waals surface area contributed by atoms with Crippen LogP contribution >= 0.6 is 0 Å². The number of methoxy groups -OCH3 is 3. The lowest BCUT2D eigenvalue weighted by molar-refractivity contribution is -0.137. The van der Waals surface area contributed by atoms with Crippen molar-refractivity contribution in [2.45, 2.75) is 64.3 Å². The predicted molar refractivity (Wildman–Crippen MR) is 195 cm³/mol. The number of para-hydroxylation sites is 1. The number of H-pyrrole nitrogens is 1. The summed E-state index contributed by atoms with van der Waals surface area (Å²) in [6.45, 7) is 5.81. The highest BCUT2D eigenvalue weighted by atomic mass is 16.6. The molecular formula is C39H50N4O8. The van der Waals surface area contributed by atoms with Gasteiger partial charge >= 0.3 is 12.1 Å². The van der Waals surface area contributed by atoms with Gasteiger partial charge in [0.25, 0.3) is 0 Å². The number of aliphatic carboxylic acids is 1. The van der Waals surface area contributed by atoms with Crippen molar-refractivity contribution in [2.24, 2.45) is 0 Å². The Balaban J connectivity index is 1.62. The second kappa shape index (κ2) is 17.6. The van der Waals surface area contributed by atoms with E-state index in [9.17, 15) is 19.5 Å². The summed E-state index contributed by atoms with van der Waals surface area (Å²) in [5, 5.41) is 14.1. The lowest BCUT2D eigenvalue weighted by atomic mass is 10.0. The number of benzene rings is 3. The molecule has 0 saturated carbocycles. The largest absolute Gasteiger partial charge is 0.493 e. The molecule has 4 aromatic rings. The van der Waals surface area contributed by atoms with Gasteiger partial charge < -0.3 is 39.3 Å². The molecule has 2 amide bonds. The van der Waals surface area contributed by atoms with Gasteiger partial charge in [-0.1, -0.05) is 48.5 Å². The Kier molecular flexibility index (Phi) is 13.3. The van der Waals surface area contributed by atoms with E-state index in [2.05, 4.69) is 10.3 Å². The van der Waals surface area contributed by atoms with E-state index < -0.39 is 29.7 Å². The average Bonchev–Trinajstić information content (AvgIpc) is 3.50. The lowest BCUT2D eigenvalue weighted by Gasteiger charge is -2.35. The predicted octanol–water partition coefficient (Wildman–Crippen LogP) is 5.68. The van der Waals surface area contributed by atoms with Gasteiger partial charge in [0.15, 0.2) is 11.5 Å². The number of aromatic nitrogens is 1. The van der Waals surface area contributed by atoms with Crippen LogP contribution in [0.4, 0.5) is 4.79 Å². The molecule has 0 bridgehead atoms. The SMILES string of the molecule is COc1cc(CN(C)C(=O)C(Cc2ccccc2)N(CCNC(CC(=O)O)Cc2c[nH]c3ccccc23)C(=O)OC(C)(C)C)cc(OC)c1OC. The van der Waals surface area contributed by atoms with Gasteiger partial charge in [-0.25, -0.2) is 4.79 Å². The summed E-state index contributed by atoms with van der Waals surface area (Å²) in [5.74, 6) is 0.104. The first-order valence-corrected chi connectivity index (χ1v) is 16.9. The first kappa shape index (κ1) is 38.6. The maximum Gasteiger partial charge on any atom is 0.411 e. The van der Waals surface area contributed by atoms with Gasteiger partial charge in [0, 0.05) is 56.2 Å². The minimum Gasteiger partial charge on any atom is -0.493 e. The van der Waals surface area contributed by atoms with Gasteiger partial charge in [-0.2, -0.15) is 0 Å². The maximum absolute atomic E-state index is 14.5. The zero-order chi connectivity index (χ0) is 37.1. The highest BCUT2D eigenvalue weighted by Crippen LogP contribution is 2.38. The molecule has 0 aliphatic carbocycles. The number of aromatic amines is 1. The van der Waals surface area contributed by atoms with E-state index in [0.717, 1.165) is 27.6 Å². The second-order valence-electron chi connectivity index (χ2n) is 13.4. The van der Waals surface area contributed by atoms with E-state index in [0.29, 0.717) is 23.7 Å². The molecule has 0 aliphatic rings. The van der Waals surface area contributed by atoms with Crippen molar-refractivity contribution < 1.29 is 38.4 Å². The van der Waals surface area contributed by atoms with Gasteiger partial charge in [0.1, 0.15) is 11.6 Å². The molecule has 12 heteroatoms. The minimum atomic E-state index is -0.943. The molecule has 51 heavy (non-hydrogen) atoms. The van der Waals surface area contributed by atoms with E-state index >= 15 is 0 Å². The Bertz CT molecular complexity index is 1740. The lowest BCUT2D eigenvalue weighted by Crippen LogP contribution is -2.54. The monoisotopic (exact) mass is 702 g/mol. The van der Waals surface area contributed by atoms with Crippen LogP contribution in [-0.4, -0.2) is 97.0 Å². The fraction of sp³-hybridized carbons (Fsp3) is 0.410. The Morgan fingerprint density at radius 1 is 0.882 bits per heavy atom. The number of carbonyl (C=O) groups excluding carboxylic acids is 2. The molecular weight excluding hydrogens is 652 g/mol. The summed E-state index contributed by atoms with van der Waals surface area (Å²) in [6, 6.07) is 19.5. The van der Waals surface area contributed by atoms with Crippen LogP contribution in [0, 0.1) is 0 Å². The number of carboxylic acid groups (broad SMARTS) is 1. The van der Waals surface area contributed by atoms with E-state index in [1.165, 1.54) is 26.2 Å². The zero-order valence-corrected chi connectivity index (χ0v) is 30.5. The highest BCUT2D eigenvalue weighted by molar-refractivity contribution is 5.86. The van der Waals surface area contributed by atoms with Crippen LogP contribution in [0.25, 0.3) is 10.9 Å². The van der Waals surface area contributed by atoms with E-state index in [1.54, 1.807) is 44.9 Å². The average molecular weight is 703 g/mol. The Morgan fingerprint density at radius 3 is 2.14 bits per heavy atom. The summed E-state index contributed by atoms with van der Waals surface area (Å²) in [4.78, 5) is 46.5. The van der Waals surface area contributed by atoms with Gasteiger partial charge in [-0.3, -0.25) is 14.5 Å². The first-order valence-electron chi connectivity index (χ1n) is 16.9. The fourth-order valence-electron chi connectivity index (χ4n) is 6.08. The molecule has 1 heterocycles. The van der Waals surface area contributed by atoms with Crippen LogP contribution in [0.2, 0.25) is 0 Å². The summed E-state index contributed by atoms with van der Waals surface area (Å²) in [6.07, 6.45) is 1.80. The highest BCUT2D eigenvalue weighted by Gasteiger charge is 2.35. The number of amides is 2. The minimum absolute atomic E-state index is 0.0835. The van der Waals surface area contributed by atoms with Crippen LogP contribution < -0.4 is 19.5 Å². The number of fused-ring (bicyclic) bond motifs is 1. The summed E-state index contributed by atoms with van der Waals surface area (Å²) < 4.78 is 22.4. The van der Waals surface area contributed by atoms with Crippen molar-refractivity contribution in [3.05, 3.63) is 89.6 Å². The quantitative estimate of drug-likeness (QED) is 0.127. The Hall–Kier alpha value is -5.23. The summed E-state index contributed by atoms with van der Waals surface area (Å²) in [7, 11) is 6.26. The Morgan fingerprint density at radius 2 is 1.53 bits per heavy atom. The normalized spacial score (nSPS) is 12.5. The van der Waals surface area contributed by atoms with Crippen molar-refractivity contribution in [1.82, 2.24) is 20.1 Å². The third-order valence-electron chi connectivity index (χ3n) is 8.43. The number of rotatable bonds is 17. The fourth-order valence-corrected chi connectivity index (χ4v) is 6.08. The van der Waals surface area contributed by atoms with Crippen LogP contribution in [0.5, 0.6) is 17.2 Å². The van der Waals surface area contributed by atoms with Crippen molar-refractivity contribution in [3.63, 3.8) is 0 Å². The number of carbonyl (C=O) groups is 3. The van der Waals surface area contributed by atoms with Crippen molar-refractivity contribution >= 4 is 28.9 Å². The molecule has 0 spiro atoms. The number of hydrogen-bond donors (Lipinski definition) is 3. The molecule has 2 atom stereocenters. The van der Waals surface area contributed by atoms with Crippen molar-refractivity contribution in [1.29, 1.82) is 0 Å². The molecule has 0 aliphatic heterocycles. The second-order valence-corrected chi connectivity index (χ2v) is 13.4. The van der Waals surface area contributed by atoms with Crippen molar-refractivity contribution in [3.8, 4) is 17.2 Å². The Labute approximate surface area is 299 Å². The number of carboxylic acids is 1. The smallest absolute Gasteiger partial charge is 0.411 e. The van der Waals surface area contributed by atoms with Gasteiger partial charge in [0.05, 0.1) is 27.8 Å². The van der Waals surface area contributed by atoms with E-state index in [-0.39, 0.29) is 38.4 Å². The molecule has 3 N–H and O–H groups in total. The first-order chi connectivity index (χ1) is 24.3. The standard InChI is InChI=1S/C39H50N4O8/c1-39(2,3)51-38(47)43(18-17-40-29(23-35(44)45)22-28-24-41-31-16-12-11-15-30(28)31)32(19-26-13-9-8-10-14-26)37(46)42(4)25-27-20-33(48-5)36(50-7)34(21-27)49-6/h8-16,20-21,24,29,32,40-41H,17-19,22-23,25H2,1-7H3,(H,44,45). The summed E-state index contributed by atoms with van der Waals surface area (Å²) in [5.41, 5.74) is 2.72. The molecule has 2 unspecified atom stereocenters.